The van der Waals surface area contributed by atoms with Gasteiger partial charge >= 0.3 is 0 Å². The van der Waals surface area contributed by atoms with Crippen LogP contribution in [0.2, 0.25) is 0 Å². The Kier molecular flexibility index (Phi) is 4.78. The SMILES string of the molecule is CC(CC(=O)N(C)C)NCc1ccsc1. The summed E-state index contributed by atoms with van der Waals surface area (Å²) in [6.07, 6.45) is 0.553. The van der Waals surface area contributed by atoms with Crippen LogP contribution in [-0.4, -0.2) is 30.9 Å². The highest BCUT2D eigenvalue weighted by atomic mass is 32.1. The lowest BCUT2D eigenvalue weighted by Crippen LogP contribution is -2.32. The lowest BCUT2D eigenvalue weighted by Gasteiger charge is -2.16. The van der Waals surface area contributed by atoms with Crippen LogP contribution in [0.1, 0.15) is 18.9 Å². The van der Waals surface area contributed by atoms with Gasteiger partial charge in [0.1, 0.15) is 0 Å². The van der Waals surface area contributed by atoms with Crippen LogP contribution in [0, 0.1) is 0 Å². The van der Waals surface area contributed by atoms with Gasteiger partial charge in [-0.2, -0.15) is 11.3 Å². The average Bonchev–Trinajstić information content (AvgIpc) is 2.66. The molecular weight excluding hydrogens is 208 g/mol. The maximum Gasteiger partial charge on any atom is 0.223 e. The molecule has 0 bridgehead atoms. The molecule has 1 aromatic rings. The first kappa shape index (κ1) is 12.2. The van der Waals surface area contributed by atoms with Crippen molar-refractivity contribution in [3.8, 4) is 0 Å². The number of nitrogens with one attached hydrogen (secondary N) is 1. The van der Waals surface area contributed by atoms with E-state index in [2.05, 4.69) is 22.1 Å². The summed E-state index contributed by atoms with van der Waals surface area (Å²) in [7, 11) is 3.57. The lowest BCUT2D eigenvalue weighted by atomic mass is 10.2. The number of hydrogen-bond donors (Lipinski definition) is 1. The third-order valence-electron chi connectivity index (χ3n) is 2.21. The van der Waals surface area contributed by atoms with E-state index in [0.29, 0.717) is 6.42 Å². The summed E-state index contributed by atoms with van der Waals surface area (Å²) in [5.41, 5.74) is 1.28. The highest BCUT2D eigenvalue weighted by Gasteiger charge is 2.09. The Balaban J connectivity index is 2.24. The standard InChI is InChI=1S/C11H18N2OS/c1-9(6-11(14)13(2)3)12-7-10-4-5-15-8-10/h4-5,8-9,12H,6-7H2,1-3H3. The Morgan fingerprint density at radius 3 is 2.87 bits per heavy atom. The summed E-state index contributed by atoms with van der Waals surface area (Å²) in [5, 5.41) is 7.51. The van der Waals surface area contributed by atoms with Gasteiger partial charge in [-0.05, 0) is 29.3 Å². The molecule has 1 unspecified atom stereocenters. The monoisotopic (exact) mass is 226 g/mol. The number of carbonyl (C=O) groups excluding carboxylic acids is 1. The fourth-order valence-corrected chi connectivity index (χ4v) is 1.87. The Labute approximate surface area is 95.1 Å². The van der Waals surface area contributed by atoms with Crippen molar-refractivity contribution in [2.24, 2.45) is 0 Å². The second kappa shape index (κ2) is 5.88. The van der Waals surface area contributed by atoms with E-state index in [1.54, 1.807) is 30.3 Å². The molecule has 1 heterocycles. The second-order valence-electron chi connectivity index (χ2n) is 3.91. The third kappa shape index (κ3) is 4.44. The summed E-state index contributed by atoms with van der Waals surface area (Å²) < 4.78 is 0. The third-order valence-corrected chi connectivity index (χ3v) is 2.95. The molecule has 15 heavy (non-hydrogen) atoms. The van der Waals surface area contributed by atoms with Crippen molar-refractivity contribution in [3.05, 3.63) is 22.4 Å². The van der Waals surface area contributed by atoms with Gasteiger partial charge < -0.3 is 10.2 Å². The summed E-state index contributed by atoms with van der Waals surface area (Å²) in [4.78, 5) is 13.0. The normalized spacial score (nSPS) is 12.5. The van der Waals surface area contributed by atoms with E-state index >= 15 is 0 Å². The molecule has 0 fully saturated rings. The maximum absolute atomic E-state index is 11.4. The van der Waals surface area contributed by atoms with Gasteiger partial charge in [-0.25, -0.2) is 0 Å². The molecule has 0 aliphatic carbocycles. The number of carbonyl (C=O) groups is 1. The quantitative estimate of drug-likeness (QED) is 0.829. The first-order valence-electron chi connectivity index (χ1n) is 5.04. The van der Waals surface area contributed by atoms with Crippen molar-refractivity contribution >= 4 is 17.2 Å². The molecular formula is C11H18N2OS. The first-order chi connectivity index (χ1) is 7.09. The van der Waals surface area contributed by atoms with E-state index in [0.717, 1.165) is 6.54 Å². The van der Waals surface area contributed by atoms with Crippen molar-refractivity contribution in [2.75, 3.05) is 14.1 Å². The zero-order valence-electron chi connectivity index (χ0n) is 9.49. The van der Waals surface area contributed by atoms with Gasteiger partial charge in [0, 0.05) is 33.1 Å². The summed E-state index contributed by atoms with van der Waals surface area (Å²) in [6.45, 7) is 2.87. The van der Waals surface area contributed by atoms with Gasteiger partial charge in [-0.15, -0.1) is 0 Å². The van der Waals surface area contributed by atoms with Crippen LogP contribution in [0.25, 0.3) is 0 Å². The fraction of sp³-hybridized carbons (Fsp3) is 0.545. The second-order valence-corrected chi connectivity index (χ2v) is 4.69. The van der Waals surface area contributed by atoms with Gasteiger partial charge in [0.25, 0.3) is 0 Å². The molecule has 0 aromatic carbocycles. The number of rotatable bonds is 5. The number of nitrogens with zero attached hydrogens (tertiary/aromatic N) is 1. The molecule has 1 aromatic heterocycles. The van der Waals surface area contributed by atoms with E-state index < -0.39 is 0 Å². The predicted octanol–water partition coefficient (Wildman–Crippen LogP) is 1.70. The van der Waals surface area contributed by atoms with Crippen LogP contribution in [0.5, 0.6) is 0 Å². The molecule has 0 radical (unpaired) electrons. The van der Waals surface area contributed by atoms with Crippen LogP contribution in [0.3, 0.4) is 0 Å². The van der Waals surface area contributed by atoms with Crippen LogP contribution >= 0.6 is 11.3 Å². The summed E-state index contributed by atoms with van der Waals surface area (Å²) in [6, 6.07) is 2.32. The van der Waals surface area contributed by atoms with Gasteiger partial charge in [0.05, 0.1) is 0 Å². The molecule has 0 aliphatic heterocycles. The van der Waals surface area contributed by atoms with E-state index in [4.69, 9.17) is 0 Å². The van der Waals surface area contributed by atoms with Crippen LogP contribution < -0.4 is 5.32 Å². The summed E-state index contributed by atoms with van der Waals surface area (Å²) >= 11 is 1.69. The first-order valence-corrected chi connectivity index (χ1v) is 5.98. The summed E-state index contributed by atoms with van der Waals surface area (Å²) in [5.74, 6) is 0.167. The highest BCUT2D eigenvalue weighted by molar-refractivity contribution is 7.07. The van der Waals surface area contributed by atoms with Crippen LogP contribution in [0.15, 0.2) is 16.8 Å². The van der Waals surface area contributed by atoms with Gasteiger partial charge in [-0.1, -0.05) is 0 Å². The van der Waals surface area contributed by atoms with Crippen molar-refractivity contribution in [3.63, 3.8) is 0 Å². The Bertz CT molecular complexity index is 296. The lowest BCUT2D eigenvalue weighted by molar-refractivity contribution is -0.129. The van der Waals surface area contributed by atoms with Gasteiger partial charge in [0.2, 0.25) is 5.91 Å². The maximum atomic E-state index is 11.4. The molecule has 84 valence electrons. The molecule has 0 aliphatic rings. The minimum Gasteiger partial charge on any atom is -0.349 e. The van der Waals surface area contributed by atoms with E-state index in [-0.39, 0.29) is 11.9 Å². The molecule has 1 N–H and O–H groups in total. The largest absolute Gasteiger partial charge is 0.349 e. The molecule has 1 atom stereocenters. The molecule has 3 nitrogen and oxygen atoms in total. The minimum absolute atomic E-state index is 0.167. The Morgan fingerprint density at radius 2 is 2.33 bits per heavy atom. The average molecular weight is 226 g/mol. The minimum atomic E-state index is 0.167. The topological polar surface area (TPSA) is 32.3 Å². The fourth-order valence-electron chi connectivity index (χ4n) is 1.20. The number of hydrogen-bond acceptors (Lipinski definition) is 3. The van der Waals surface area contributed by atoms with E-state index in [1.807, 2.05) is 6.92 Å². The van der Waals surface area contributed by atoms with Gasteiger partial charge in [0.15, 0.2) is 0 Å². The van der Waals surface area contributed by atoms with E-state index in [9.17, 15) is 4.79 Å². The van der Waals surface area contributed by atoms with Crippen molar-refractivity contribution in [1.82, 2.24) is 10.2 Å². The smallest absolute Gasteiger partial charge is 0.223 e. The number of thiophene rings is 1. The zero-order valence-corrected chi connectivity index (χ0v) is 10.3. The van der Waals surface area contributed by atoms with Crippen molar-refractivity contribution in [2.45, 2.75) is 25.9 Å². The highest BCUT2D eigenvalue weighted by Crippen LogP contribution is 2.06. The molecule has 4 heteroatoms. The molecule has 0 saturated carbocycles. The van der Waals surface area contributed by atoms with Crippen molar-refractivity contribution in [1.29, 1.82) is 0 Å². The van der Waals surface area contributed by atoms with Crippen LogP contribution in [-0.2, 0) is 11.3 Å². The zero-order chi connectivity index (χ0) is 11.3. The Morgan fingerprint density at radius 1 is 1.60 bits per heavy atom. The molecule has 1 rings (SSSR count). The Hall–Kier alpha value is -0.870. The predicted molar refractivity (Wildman–Crippen MR) is 63.9 cm³/mol. The molecule has 1 amide bonds. The number of amides is 1. The molecule has 0 spiro atoms. The van der Waals surface area contributed by atoms with Crippen molar-refractivity contribution < 1.29 is 4.79 Å². The van der Waals surface area contributed by atoms with Crippen LogP contribution in [0.4, 0.5) is 0 Å². The van der Waals surface area contributed by atoms with E-state index in [1.165, 1.54) is 5.56 Å². The van der Waals surface area contributed by atoms with Gasteiger partial charge in [-0.3, -0.25) is 4.79 Å². The molecule has 0 saturated heterocycles.